The summed E-state index contributed by atoms with van der Waals surface area (Å²) in [5.74, 6) is -1.66. The molecule has 324 valence electrons. The molecule has 8 nitrogen and oxygen atoms in total. The van der Waals surface area contributed by atoms with Crippen molar-refractivity contribution >= 4 is 11.9 Å². The molecule has 0 amide bonds. The highest BCUT2D eigenvalue weighted by Crippen LogP contribution is 2.07. The first kappa shape index (κ1) is 53.9. The van der Waals surface area contributed by atoms with Crippen LogP contribution in [-0.4, -0.2) is 86.5 Å². The van der Waals surface area contributed by atoms with E-state index in [2.05, 4.69) is 141 Å². The highest BCUT2D eigenvalue weighted by molar-refractivity contribution is 5.70. The number of hydrogen-bond acceptors (Lipinski definition) is 6. The zero-order valence-electron chi connectivity index (χ0n) is 36.4. The van der Waals surface area contributed by atoms with Gasteiger partial charge >= 0.3 is 11.9 Å². The molecule has 0 aromatic heterocycles. The van der Waals surface area contributed by atoms with E-state index in [-0.39, 0.29) is 32.2 Å². The topological polar surface area (TPSA) is 102 Å². The molecule has 0 saturated heterocycles. The molecule has 0 radical (unpaired) electrons. The zero-order valence-corrected chi connectivity index (χ0v) is 36.4. The molecule has 2 atom stereocenters. The van der Waals surface area contributed by atoms with Crippen molar-refractivity contribution in [2.24, 2.45) is 0 Å². The second-order valence-electron chi connectivity index (χ2n) is 14.8. The number of ether oxygens (including phenoxy) is 3. The lowest BCUT2D eigenvalue weighted by atomic mass is 10.1. The fourth-order valence-corrected chi connectivity index (χ4v) is 4.84. The summed E-state index contributed by atoms with van der Waals surface area (Å²) >= 11 is 0. The minimum atomic E-state index is -1.48. The van der Waals surface area contributed by atoms with Crippen molar-refractivity contribution in [3.63, 3.8) is 0 Å². The van der Waals surface area contributed by atoms with Crippen molar-refractivity contribution in [1.29, 1.82) is 0 Å². The van der Waals surface area contributed by atoms with Crippen LogP contribution in [0.1, 0.15) is 110 Å². The van der Waals surface area contributed by atoms with Crippen molar-refractivity contribution < 1.29 is 38.5 Å². The highest BCUT2D eigenvalue weighted by Gasteiger charge is 2.22. The summed E-state index contributed by atoms with van der Waals surface area (Å²) in [4.78, 5) is 23.3. The number of carbonyl (C=O) groups is 2. The normalized spacial score (nSPS) is 14.4. The van der Waals surface area contributed by atoms with Gasteiger partial charge in [-0.2, -0.15) is 0 Å². The van der Waals surface area contributed by atoms with Crippen LogP contribution in [-0.2, 0) is 23.8 Å². The Morgan fingerprint density at radius 1 is 0.517 bits per heavy atom. The number of esters is 1. The minimum Gasteiger partial charge on any atom is -0.477 e. The Labute approximate surface area is 352 Å². The van der Waals surface area contributed by atoms with E-state index >= 15 is 0 Å². The smallest absolute Gasteiger partial charge is 0.361 e. The van der Waals surface area contributed by atoms with Gasteiger partial charge in [0.25, 0.3) is 6.29 Å². The molecule has 0 saturated carbocycles. The Morgan fingerprint density at radius 3 is 1.26 bits per heavy atom. The van der Waals surface area contributed by atoms with Gasteiger partial charge in [0.15, 0.2) is 0 Å². The van der Waals surface area contributed by atoms with E-state index in [1.165, 1.54) is 0 Å². The van der Waals surface area contributed by atoms with E-state index in [1.54, 1.807) is 0 Å². The van der Waals surface area contributed by atoms with Crippen LogP contribution in [0.2, 0.25) is 0 Å². The van der Waals surface area contributed by atoms with Crippen molar-refractivity contribution in [2.75, 3.05) is 47.5 Å². The summed E-state index contributed by atoms with van der Waals surface area (Å²) < 4.78 is 16.1. The molecule has 0 aromatic carbocycles. The van der Waals surface area contributed by atoms with Crippen LogP contribution in [0.15, 0.2) is 134 Å². The van der Waals surface area contributed by atoms with E-state index < -0.39 is 18.4 Å². The first-order valence-electron chi connectivity index (χ1n) is 21.4. The SMILES string of the molecule is CC/C=C\C/C=C\C/C=C\C/C=C\C/C=C\C/C=C\C/C=C\C/C=C\C/C=C\C/C=C\C/C=C\CCCCCC(=O)OCC(O)COC(OCC[N+](C)(C)C)C(=O)O. The van der Waals surface area contributed by atoms with Crippen LogP contribution in [0.4, 0.5) is 0 Å². The number of hydrogen-bond donors (Lipinski definition) is 2. The van der Waals surface area contributed by atoms with Gasteiger partial charge in [0.1, 0.15) is 19.3 Å². The molecule has 0 heterocycles. The molecular weight excluding hydrogens is 727 g/mol. The Hall–Kier alpha value is -4.08. The molecular formula is C50H78NO7+. The number of rotatable bonds is 37. The maximum absolute atomic E-state index is 12.0. The average Bonchev–Trinajstić information content (AvgIpc) is 3.19. The number of carbonyl (C=O) groups excluding carboxylic acids is 1. The first-order valence-corrected chi connectivity index (χ1v) is 21.4. The number of aliphatic hydroxyl groups is 1. The van der Waals surface area contributed by atoms with E-state index in [0.29, 0.717) is 17.4 Å². The number of carboxylic acid groups (broad SMARTS) is 1. The number of carboxylic acids is 1. The fraction of sp³-hybridized carbons (Fsp3) is 0.520. The molecule has 0 aromatic rings. The third-order valence-corrected chi connectivity index (χ3v) is 8.15. The summed E-state index contributed by atoms with van der Waals surface area (Å²) in [5.41, 5.74) is 0. The van der Waals surface area contributed by atoms with Crippen molar-refractivity contribution in [2.45, 2.75) is 122 Å². The third-order valence-electron chi connectivity index (χ3n) is 8.15. The number of likely N-dealkylation sites (N-methyl/N-ethyl adjacent to an activating group) is 1. The van der Waals surface area contributed by atoms with Gasteiger partial charge < -0.3 is 28.9 Å². The second kappa shape index (κ2) is 41.1. The summed E-state index contributed by atoms with van der Waals surface area (Å²) in [6.45, 7) is 2.40. The lowest BCUT2D eigenvalue weighted by molar-refractivity contribution is -0.870. The molecule has 0 bridgehead atoms. The van der Waals surface area contributed by atoms with E-state index in [9.17, 15) is 19.8 Å². The molecule has 2 N–H and O–H groups in total. The zero-order chi connectivity index (χ0) is 42.6. The third kappa shape index (κ3) is 43.1. The number of nitrogens with zero attached hydrogens (tertiary/aromatic N) is 1. The van der Waals surface area contributed by atoms with Crippen molar-refractivity contribution in [1.82, 2.24) is 0 Å². The van der Waals surface area contributed by atoms with Gasteiger partial charge in [0.05, 0.1) is 34.4 Å². The van der Waals surface area contributed by atoms with Crippen molar-refractivity contribution in [3.05, 3.63) is 134 Å². The number of unbranched alkanes of at least 4 members (excludes halogenated alkanes) is 3. The standard InChI is InChI=1S/C50H77NO7/c1-5-6-7-8-9-10-11-12-13-14-15-16-17-18-19-20-21-22-23-24-25-26-27-28-29-30-31-32-33-34-35-36-37-38-39-40-41-42-48(53)57-45-47(52)46-58-50(49(54)55)56-44-43-51(2,3)4/h6-7,9-10,12-13,15-16,18-19,21-22,24-25,27-28,30-31,33-34,36-37,47,50,52H,5,8,11,14,17,20,23,26,29,32,35,38-46H2,1-4H3/p+1/b7-6-,10-9-,13-12-,16-15-,19-18-,22-21-,25-24-,28-27-,31-30-,34-33-,37-36-. The minimum absolute atomic E-state index is 0.197. The van der Waals surface area contributed by atoms with Gasteiger partial charge in [0.2, 0.25) is 0 Å². The van der Waals surface area contributed by atoms with Crippen LogP contribution in [0.25, 0.3) is 0 Å². The molecule has 0 aliphatic carbocycles. The molecule has 0 aliphatic rings. The van der Waals surface area contributed by atoms with E-state index in [4.69, 9.17) is 14.2 Å². The highest BCUT2D eigenvalue weighted by atomic mass is 16.7. The monoisotopic (exact) mass is 805 g/mol. The Morgan fingerprint density at radius 2 is 0.897 bits per heavy atom. The quantitative estimate of drug-likeness (QED) is 0.0212. The van der Waals surface area contributed by atoms with Crippen LogP contribution in [0, 0.1) is 0 Å². The van der Waals surface area contributed by atoms with Crippen LogP contribution in [0.5, 0.6) is 0 Å². The Bertz CT molecular complexity index is 1340. The lowest BCUT2D eigenvalue weighted by Crippen LogP contribution is -2.40. The molecule has 0 rings (SSSR count). The fourth-order valence-electron chi connectivity index (χ4n) is 4.84. The predicted octanol–water partition coefficient (Wildman–Crippen LogP) is 11.4. The van der Waals surface area contributed by atoms with Crippen molar-refractivity contribution in [3.8, 4) is 0 Å². The lowest BCUT2D eigenvalue weighted by Gasteiger charge is -2.24. The average molecular weight is 805 g/mol. The summed E-state index contributed by atoms with van der Waals surface area (Å²) in [6, 6.07) is 0. The molecule has 0 fully saturated rings. The van der Waals surface area contributed by atoms with E-state index in [1.807, 2.05) is 21.1 Å². The van der Waals surface area contributed by atoms with Gasteiger partial charge in [-0.05, 0) is 89.9 Å². The first-order chi connectivity index (χ1) is 28.2. The summed E-state index contributed by atoms with van der Waals surface area (Å²) in [7, 11) is 5.89. The molecule has 2 unspecified atom stereocenters. The van der Waals surface area contributed by atoms with Gasteiger partial charge in [-0.3, -0.25) is 4.79 Å². The van der Waals surface area contributed by atoms with Gasteiger partial charge in [0, 0.05) is 6.42 Å². The molecule has 8 heteroatoms. The molecule has 0 aliphatic heterocycles. The van der Waals surface area contributed by atoms with Gasteiger partial charge in [-0.1, -0.05) is 147 Å². The molecule has 0 spiro atoms. The number of quaternary nitrogens is 1. The summed E-state index contributed by atoms with van der Waals surface area (Å²) in [5, 5.41) is 19.2. The van der Waals surface area contributed by atoms with Crippen LogP contribution >= 0.6 is 0 Å². The Balaban J connectivity index is 3.73. The van der Waals surface area contributed by atoms with Crippen LogP contribution in [0.3, 0.4) is 0 Å². The maximum atomic E-state index is 12.0. The number of aliphatic hydroxyl groups excluding tert-OH is 1. The number of aliphatic carboxylic acids is 1. The predicted molar refractivity (Wildman–Crippen MR) is 243 cm³/mol. The summed E-state index contributed by atoms with van der Waals surface area (Å²) in [6.07, 6.45) is 60.7. The Kier molecular flexibility index (Phi) is 38.2. The van der Waals surface area contributed by atoms with E-state index in [0.717, 1.165) is 89.9 Å². The van der Waals surface area contributed by atoms with Crippen LogP contribution < -0.4 is 0 Å². The van der Waals surface area contributed by atoms with Gasteiger partial charge in [-0.25, -0.2) is 4.79 Å². The largest absolute Gasteiger partial charge is 0.477 e. The second-order valence-corrected chi connectivity index (χ2v) is 14.8. The number of allylic oxidation sites excluding steroid dienone is 22. The maximum Gasteiger partial charge on any atom is 0.361 e. The van der Waals surface area contributed by atoms with Gasteiger partial charge in [-0.15, -0.1) is 0 Å². The molecule has 58 heavy (non-hydrogen) atoms.